The monoisotopic (exact) mass is 339 g/mol. The summed E-state index contributed by atoms with van der Waals surface area (Å²) >= 11 is 1.76. The number of fused-ring (bicyclic) bond motifs is 1. The van der Waals surface area contributed by atoms with Gasteiger partial charge in [-0.05, 0) is 43.4 Å². The third kappa shape index (κ3) is 2.74. The number of amides is 2. The topological polar surface area (TPSA) is 35.6 Å². The van der Waals surface area contributed by atoms with Gasteiger partial charge < -0.3 is 5.32 Å². The van der Waals surface area contributed by atoms with Gasteiger partial charge in [-0.25, -0.2) is 4.79 Å². The molecular formula is C19H21N3OS. The van der Waals surface area contributed by atoms with Gasteiger partial charge in [-0.3, -0.25) is 9.80 Å². The van der Waals surface area contributed by atoms with Crippen LogP contribution in [-0.4, -0.2) is 35.5 Å². The third-order valence-corrected chi connectivity index (χ3v) is 5.83. The fourth-order valence-electron chi connectivity index (χ4n) is 3.58. The molecule has 0 bridgehead atoms. The Bertz CT molecular complexity index is 750. The van der Waals surface area contributed by atoms with Crippen LogP contribution < -0.4 is 5.32 Å². The molecule has 0 unspecified atom stereocenters. The Labute approximate surface area is 146 Å². The van der Waals surface area contributed by atoms with Gasteiger partial charge in [0.2, 0.25) is 0 Å². The minimum Gasteiger partial charge on any atom is -0.307 e. The second kappa shape index (κ2) is 6.42. The summed E-state index contributed by atoms with van der Waals surface area (Å²) in [7, 11) is 0. The normalized spacial score (nSPS) is 19.2. The van der Waals surface area contributed by atoms with E-state index in [1.54, 1.807) is 16.2 Å². The average Bonchev–Trinajstić information content (AvgIpc) is 3.29. The third-order valence-electron chi connectivity index (χ3n) is 4.86. The van der Waals surface area contributed by atoms with E-state index in [-0.39, 0.29) is 12.1 Å². The van der Waals surface area contributed by atoms with Gasteiger partial charge in [0.1, 0.15) is 0 Å². The highest BCUT2D eigenvalue weighted by molar-refractivity contribution is 7.10. The van der Waals surface area contributed by atoms with E-state index in [0.29, 0.717) is 6.54 Å². The molecule has 1 N–H and O–H groups in total. The number of rotatable bonds is 4. The number of anilines is 1. The van der Waals surface area contributed by atoms with Gasteiger partial charge in [-0.15, -0.1) is 11.3 Å². The maximum atomic E-state index is 12.6. The van der Waals surface area contributed by atoms with Crippen LogP contribution in [0.25, 0.3) is 5.70 Å². The predicted molar refractivity (Wildman–Crippen MR) is 99.1 cm³/mol. The summed E-state index contributed by atoms with van der Waals surface area (Å²) in [6.45, 7) is 7.03. The number of carbonyl (C=O) groups is 1. The van der Waals surface area contributed by atoms with E-state index in [9.17, 15) is 4.79 Å². The lowest BCUT2D eigenvalue weighted by molar-refractivity contribution is 0.193. The van der Waals surface area contributed by atoms with Crippen LogP contribution in [0.2, 0.25) is 0 Å². The molecule has 2 aliphatic heterocycles. The van der Waals surface area contributed by atoms with E-state index in [2.05, 4.69) is 34.3 Å². The molecule has 2 aromatic rings. The number of hydrogen-bond acceptors (Lipinski definition) is 3. The van der Waals surface area contributed by atoms with Crippen LogP contribution in [0.5, 0.6) is 0 Å². The van der Waals surface area contributed by atoms with Gasteiger partial charge in [0, 0.05) is 22.7 Å². The van der Waals surface area contributed by atoms with Crippen LogP contribution >= 0.6 is 11.3 Å². The Kier molecular flexibility index (Phi) is 4.12. The first-order valence-corrected chi connectivity index (χ1v) is 9.26. The number of urea groups is 1. The zero-order chi connectivity index (χ0) is 16.5. The van der Waals surface area contributed by atoms with Gasteiger partial charge in [-0.1, -0.05) is 30.8 Å². The second-order valence-electron chi connectivity index (χ2n) is 6.31. The lowest BCUT2D eigenvalue weighted by Crippen LogP contribution is -2.43. The van der Waals surface area contributed by atoms with Crippen molar-refractivity contribution in [1.29, 1.82) is 0 Å². The highest BCUT2D eigenvalue weighted by Crippen LogP contribution is 2.35. The quantitative estimate of drug-likeness (QED) is 0.896. The first-order valence-electron chi connectivity index (χ1n) is 8.38. The molecule has 0 radical (unpaired) electrons. The number of benzene rings is 1. The molecule has 1 aromatic heterocycles. The predicted octanol–water partition coefficient (Wildman–Crippen LogP) is 4.40. The minimum absolute atomic E-state index is 0.0838. The maximum Gasteiger partial charge on any atom is 0.326 e. The zero-order valence-electron chi connectivity index (χ0n) is 13.6. The molecule has 1 fully saturated rings. The molecule has 3 heterocycles. The maximum absolute atomic E-state index is 12.6. The van der Waals surface area contributed by atoms with Gasteiger partial charge in [0.25, 0.3) is 0 Å². The van der Waals surface area contributed by atoms with Crippen molar-refractivity contribution in [1.82, 2.24) is 9.80 Å². The summed E-state index contributed by atoms with van der Waals surface area (Å²) in [5.41, 5.74) is 2.64. The fraction of sp³-hybridized carbons (Fsp3) is 0.316. The summed E-state index contributed by atoms with van der Waals surface area (Å²) < 4.78 is 0. The van der Waals surface area contributed by atoms with Crippen molar-refractivity contribution < 1.29 is 4.79 Å². The number of nitrogens with zero attached hydrogens (tertiary/aromatic N) is 2. The van der Waals surface area contributed by atoms with Crippen LogP contribution in [0.15, 0.2) is 48.4 Å². The van der Waals surface area contributed by atoms with Crippen LogP contribution in [0, 0.1) is 0 Å². The molecule has 24 heavy (non-hydrogen) atoms. The van der Waals surface area contributed by atoms with Crippen molar-refractivity contribution in [2.45, 2.75) is 18.9 Å². The number of nitrogens with one attached hydrogen (secondary N) is 1. The SMILES string of the molecule is C=C1c2ccccc2NC(=O)N1C[C@H](c1cccs1)N1CCCC1. The molecule has 0 saturated carbocycles. The summed E-state index contributed by atoms with van der Waals surface area (Å²) in [6, 6.07) is 12.3. The van der Waals surface area contributed by atoms with Crippen LogP contribution in [0.4, 0.5) is 10.5 Å². The van der Waals surface area contributed by atoms with Crippen molar-refractivity contribution in [2.24, 2.45) is 0 Å². The van der Waals surface area contributed by atoms with E-state index < -0.39 is 0 Å². The first-order chi connectivity index (χ1) is 11.7. The number of thiophene rings is 1. The highest BCUT2D eigenvalue weighted by atomic mass is 32.1. The van der Waals surface area contributed by atoms with Crippen LogP contribution in [-0.2, 0) is 0 Å². The van der Waals surface area contributed by atoms with Crippen LogP contribution in [0.1, 0.15) is 29.3 Å². The van der Waals surface area contributed by atoms with Crippen molar-refractivity contribution >= 4 is 28.8 Å². The molecule has 1 atom stereocenters. The molecule has 1 aromatic carbocycles. The molecule has 1 saturated heterocycles. The molecule has 4 nitrogen and oxygen atoms in total. The van der Waals surface area contributed by atoms with E-state index >= 15 is 0 Å². The first kappa shape index (κ1) is 15.4. The Balaban J connectivity index is 1.62. The lowest BCUT2D eigenvalue weighted by atomic mass is 10.1. The summed E-state index contributed by atoms with van der Waals surface area (Å²) in [4.78, 5) is 18.2. The Morgan fingerprint density at radius 1 is 1.17 bits per heavy atom. The molecular weight excluding hydrogens is 318 g/mol. The van der Waals surface area contributed by atoms with Gasteiger partial charge in [0.15, 0.2) is 0 Å². The summed E-state index contributed by atoms with van der Waals surface area (Å²) in [6.07, 6.45) is 2.47. The largest absolute Gasteiger partial charge is 0.326 e. The molecule has 2 aliphatic rings. The van der Waals surface area contributed by atoms with Crippen molar-refractivity contribution in [3.8, 4) is 0 Å². The Hall–Kier alpha value is -2.11. The molecule has 4 rings (SSSR count). The molecule has 124 valence electrons. The number of likely N-dealkylation sites (tertiary alicyclic amines) is 1. The van der Waals surface area contributed by atoms with Gasteiger partial charge in [-0.2, -0.15) is 0 Å². The second-order valence-corrected chi connectivity index (χ2v) is 7.29. The number of carbonyl (C=O) groups excluding carboxylic acids is 1. The average molecular weight is 339 g/mol. The zero-order valence-corrected chi connectivity index (χ0v) is 14.4. The van der Waals surface area contributed by atoms with Gasteiger partial charge >= 0.3 is 6.03 Å². The Morgan fingerprint density at radius 2 is 1.96 bits per heavy atom. The van der Waals surface area contributed by atoms with Crippen molar-refractivity contribution in [2.75, 3.05) is 25.0 Å². The Morgan fingerprint density at radius 3 is 2.71 bits per heavy atom. The molecule has 2 amide bonds. The summed E-state index contributed by atoms with van der Waals surface area (Å²) in [5.74, 6) is 0. The van der Waals surface area contributed by atoms with Gasteiger partial charge in [0.05, 0.1) is 11.7 Å². The molecule has 5 heteroatoms. The van der Waals surface area contributed by atoms with Crippen molar-refractivity contribution in [3.63, 3.8) is 0 Å². The van der Waals surface area contributed by atoms with Crippen molar-refractivity contribution in [3.05, 3.63) is 58.8 Å². The highest BCUT2D eigenvalue weighted by Gasteiger charge is 2.32. The van der Waals surface area contributed by atoms with Crippen LogP contribution in [0.3, 0.4) is 0 Å². The van der Waals surface area contributed by atoms with E-state index in [4.69, 9.17) is 0 Å². The minimum atomic E-state index is -0.0838. The number of hydrogen-bond donors (Lipinski definition) is 1. The molecule has 0 aliphatic carbocycles. The number of para-hydroxylation sites is 1. The van der Waals surface area contributed by atoms with E-state index in [0.717, 1.165) is 30.0 Å². The standard InChI is InChI=1S/C19H21N3OS/c1-14-15-7-2-3-8-16(15)20-19(23)22(14)13-17(18-9-6-12-24-18)21-10-4-5-11-21/h2-3,6-9,12,17H,1,4-5,10-11,13H2,(H,20,23)/t17-/m1/s1. The summed E-state index contributed by atoms with van der Waals surface area (Å²) in [5, 5.41) is 5.10. The lowest BCUT2D eigenvalue weighted by Gasteiger charge is -2.36. The smallest absolute Gasteiger partial charge is 0.307 e. The van der Waals surface area contributed by atoms with E-state index in [1.165, 1.54) is 17.7 Å². The molecule has 0 spiro atoms. The van der Waals surface area contributed by atoms with E-state index in [1.807, 2.05) is 24.3 Å². The fourth-order valence-corrected chi connectivity index (χ4v) is 4.43.